The molecule has 0 atom stereocenters. The molecule has 2 N–H and O–H groups in total. The summed E-state index contributed by atoms with van der Waals surface area (Å²) in [5.41, 5.74) is 0. The summed E-state index contributed by atoms with van der Waals surface area (Å²) in [4.78, 5) is 0. The van der Waals surface area contributed by atoms with E-state index < -0.39 is 6.29 Å². The van der Waals surface area contributed by atoms with E-state index >= 15 is 0 Å². The van der Waals surface area contributed by atoms with Crippen LogP contribution in [0.3, 0.4) is 0 Å². The molecule has 0 radical (unpaired) electrons. The van der Waals surface area contributed by atoms with Gasteiger partial charge in [-0.15, -0.1) is 0 Å². The molecule has 1 fully saturated rings. The molecular formula is C8H16O2. The van der Waals surface area contributed by atoms with E-state index in [4.69, 9.17) is 10.2 Å². The first-order valence-corrected chi connectivity index (χ1v) is 4.15. The average Bonchev–Trinajstić information content (AvgIpc) is 2.34. The van der Waals surface area contributed by atoms with Gasteiger partial charge in [0.25, 0.3) is 0 Å². The average molecular weight is 144 g/mol. The molecule has 0 spiro atoms. The highest BCUT2D eigenvalue weighted by molar-refractivity contribution is 4.67. The predicted molar refractivity (Wildman–Crippen MR) is 39.4 cm³/mol. The van der Waals surface area contributed by atoms with Gasteiger partial charge in [0.15, 0.2) is 6.29 Å². The largest absolute Gasteiger partial charge is 0.368 e. The molecule has 0 bridgehead atoms. The maximum atomic E-state index is 8.57. The second-order valence-electron chi connectivity index (χ2n) is 3.21. The van der Waals surface area contributed by atoms with Crippen LogP contribution >= 0.6 is 0 Å². The van der Waals surface area contributed by atoms with E-state index in [1.165, 1.54) is 25.7 Å². The maximum absolute atomic E-state index is 8.57. The van der Waals surface area contributed by atoms with Crippen molar-refractivity contribution in [2.75, 3.05) is 0 Å². The number of aliphatic hydroxyl groups excluding tert-OH is 1. The summed E-state index contributed by atoms with van der Waals surface area (Å²) in [6.07, 6.45) is 5.75. The molecule has 0 amide bonds. The van der Waals surface area contributed by atoms with E-state index in [0.717, 1.165) is 12.3 Å². The van der Waals surface area contributed by atoms with Crippen LogP contribution in [0.15, 0.2) is 0 Å². The normalized spacial score (nSPS) is 20.7. The predicted octanol–water partition coefficient (Wildman–Crippen LogP) is 1.27. The number of hydrogen-bond acceptors (Lipinski definition) is 2. The van der Waals surface area contributed by atoms with Crippen LogP contribution in [-0.4, -0.2) is 16.5 Å². The van der Waals surface area contributed by atoms with Gasteiger partial charge in [-0.2, -0.15) is 0 Å². The Bertz CT molecular complexity index is 85.3. The standard InChI is InChI=1S/C8H16O2/c9-8(10)6-5-7-3-1-2-4-7/h7-10H,1-6H2. The van der Waals surface area contributed by atoms with Gasteiger partial charge in [0.1, 0.15) is 0 Å². The summed E-state index contributed by atoms with van der Waals surface area (Å²) in [6, 6.07) is 0. The molecular weight excluding hydrogens is 128 g/mol. The Labute approximate surface area is 61.9 Å². The van der Waals surface area contributed by atoms with E-state index in [1.807, 2.05) is 0 Å². The van der Waals surface area contributed by atoms with Crippen LogP contribution in [0.4, 0.5) is 0 Å². The molecule has 0 saturated heterocycles. The third-order valence-electron chi connectivity index (χ3n) is 2.31. The quantitative estimate of drug-likeness (QED) is 0.585. The van der Waals surface area contributed by atoms with Crippen LogP contribution in [0.25, 0.3) is 0 Å². The second kappa shape index (κ2) is 3.94. The van der Waals surface area contributed by atoms with Gasteiger partial charge in [-0.25, -0.2) is 0 Å². The fourth-order valence-corrected chi connectivity index (χ4v) is 1.68. The zero-order chi connectivity index (χ0) is 7.40. The lowest BCUT2D eigenvalue weighted by Gasteiger charge is -2.08. The molecule has 0 heterocycles. The van der Waals surface area contributed by atoms with Gasteiger partial charge in [0, 0.05) is 0 Å². The Morgan fingerprint density at radius 3 is 2.30 bits per heavy atom. The molecule has 2 nitrogen and oxygen atoms in total. The minimum absolute atomic E-state index is 0.560. The van der Waals surface area contributed by atoms with Gasteiger partial charge < -0.3 is 10.2 Å². The molecule has 0 unspecified atom stereocenters. The van der Waals surface area contributed by atoms with E-state index in [-0.39, 0.29) is 0 Å². The third kappa shape index (κ3) is 2.67. The van der Waals surface area contributed by atoms with E-state index in [1.54, 1.807) is 0 Å². The van der Waals surface area contributed by atoms with Crippen molar-refractivity contribution >= 4 is 0 Å². The molecule has 0 aromatic carbocycles. The fraction of sp³-hybridized carbons (Fsp3) is 1.00. The smallest absolute Gasteiger partial charge is 0.151 e. The van der Waals surface area contributed by atoms with Crippen LogP contribution in [0.2, 0.25) is 0 Å². The first-order chi connectivity index (χ1) is 4.79. The van der Waals surface area contributed by atoms with Crippen LogP contribution in [0.5, 0.6) is 0 Å². The molecule has 0 aromatic heterocycles. The highest BCUT2D eigenvalue weighted by Crippen LogP contribution is 2.28. The Balaban J connectivity index is 2.01. The molecule has 0 aliphatic heterocycles. The van der Waals surface area contributed by atoms with Crippen molar-refractivity contribution in [2.24, 2.45) is 5.92 Å². The Morgan fingerprint density at radius 1 is 1.20 bits per heavy atom. The lowest BCUT2D eigenvalue weighted by molar-refractivity contribution is -0.0487. The van der Waals surface area contributed by atoms with Crippen molar-refractivity contribution in [3.05, 3.63) is 0 Å². The number of hydrogen-bond donors (Lipinski definition) is 2. The molecule has 60 valence electrons. The van der Waals surface area contributed by atoms with Crippen LogP contribution in [-0.2, 0) is 0 Å². The van der Waals surface area contributed by atoms with Gasteiger partial charge in [0.2, 0.25) is 0 Å². The van der Waals surface area contributed by atoms with Crippen molar-refractivity contribution in [1.82, 2.24) is 0 Å². The van der Waals surface area contributed by atoms with Crippen LogP contribution in [0, 0.1) is 5.92 Å². The fourth-order valence-electron chi connectivity index (χ4n) is 1.68. The number of rotatable bonds is 3. The first kappa shape index (κ1) is 8.02. The monoisotopic (exact) mass is 144 g/mol. The van der Waals surface area contributed by atoms with Gasteiger partial charge >= 0.3 is 0 Å². The third-order valence-corrected chi connectivity index (χ3v) is 2.31. The molecule has 1 aliphatic carbocycles. The van der Waals surface area contributed by atoms with Gasteiger partial charge in [0.05, 0.1) is 0 Å². The Kier molecular flexibility index (Phi) is 3.16. The van der Waals surface area contributed by atoms with Gasteiger partial charge in [-0.3, -0.25) is 0 Å². The van der Waals surface area contributed by atoms with Gasteiger partial charge in [-0.05, 0) is 18.8 Å². The van der Waals surface area contributed by atoms with Crippen molar-refractivity contribution in [3.8, 4) is 0 Å². The summed E-state index contributed by atoms with van der Waals surface area (Å²) in [6.45, 7) is 0. The Morgan fingerprint density at radius 2 is 1.80 bits per heavy atom. The van der Waals surface area contributed by atoms with E-state index in [9.17, 15) is 0 Å². The molecule has 1 aliphatic rings. The van der Waals surface area contributed by atoms with Crippen molar-refractivity contribution in [3.63, 3.8) is 0 Å². The topological polar surface area (TPSA) is 40.5 Å². The minimum atomic E-state index is -1.08. The van der Waals surface area contributed by atoms with Crippen molar-refractivity contribution in [2.45, 2.75) is 44.8 Å². The maximum Gasteiger partial charge on any atom is 0.151 e. The van der Waals surface area contributed by atoms with Crippen LogP contribution in [0.1, 0.15) is 38.5 Å². The second-order valence-corrected chi connectivity index (χ2v) is 3.21. The summed E-state index contributed by atoms with van der Waals surface area (Å²) in [5, 5.41) is 17.1. The van der Waals surface area contributed by atoms with E-state index in [0.29, 0.717) is 6.42 Å². The minimum Gasteiger partial charge on any atom is -0.368 e. The molecule has 0 aromatic rings. The van der Waals surface area contributed by atoms with Crippen LogP contribution < -0.4 is 0 Å². The lowest BCUT2D eigenvalue weighted by Crippen LogP contribution is -2.06. The summed E-state index contributed by atoms with van der Waals surface area (Å²) >= 11 is 0. The highest BCUT2D eigenvalue weighted by Gasteiger charge is 2.15. The van der Waals surface area contributed by atoms with Gasteiger partial charge in [-0.1, -0.05) is 25.7 Å². The summed E-state index contributed by atoms with van der Waals surface area (Å²) in [7, 11) is 0. The number of aliphatic hydroxyl groups is 2. The zero-order valence-corrected chi connectivity index (χ0v) is 6.29. The Hall–Kier alpha value is -0.0800. The first-order valence-electron chi connectivity index (χ1n) is 4.15. The van der Waals surface area contributed by atoms with Crippen molar-refractivity contribution in [1.29, 1.82) is 0 Å². The summed E-state index contributed by atoms with van der Waals surface area (Å²) < 4.78 is 0. The lowest BCUT2D eigenvalue weighted by atomic mass is 10.0. The molecule has 1 rings (SSSR count). The molecule has 10 heavy (non-hydrogen) atoms. The molecule has 1 saturated carbocycles. The summed E-state index contributed by atoms with van der Waals surface area (Å²) in [5.74, 6) is 0.779. The highest BCUT2D eigenvalue weighted by atomic mass is 16.5. The zero-order valence-electron chi connectivity index (χ0n) is 6.29. The molecule has 2 heteroatoms. The van der Waals surface area contributed by atoms with Crippen molar-refractivity contribution < 1.29 is 10.2 Å². The SMILES string of the molecule is OC(O)CCC1CCCC1. The van der Waals surface area contributed by atoms with E-state index in [2.05, 4.69) is 0 Å².